The molecule has 2 aromatic rings. The number of rotatable bonds is 5. The van der Waals surface area contributed by atoms with E-state index in [1.807, 2.05) is 44.3 Å². The minimum atomic E-state index is 0.422. The second-order valence-corrected chi connectivity index (χ2v) is 6.32. The van der Waals surface area contributed by atoms with Crippen molar-refractivity contribution in [3.8, 4) is 11.5 Å². The van der Waals surface area contributed by atoms with E-state index in [4.69, 9.17) is 22.1 Å². The number of nitrogen functional groups attached to an aromatic ring is 1. The maximum absolute atomic E-state index is 6.29. The van der Waals surface area contributed by atoms with Crippen LogP contribution in [0.2, 0.25) is 5.02 Å². The summed E-state index contributed by atoms with van der Waals surface area (Å²) in [6, 6.07) is 9.45. The highest BCUT2D eigenvalue weighted by Gasteiger charge is 2.11. The van der Waals surface area contributed by atoms with Gasteiger partial charge in [0.25, 0.3) is 0 Å². The highest BCUT2D eigenvalue weighted by Crippen LogP contribution is 2.36. The number of anilines is 1. The van der Waals surface area contributed by atoms with Crippen LogP contribution in [0.25, 0.3) is 0 Å². The lowest BCUT2D eigenvalue weighted by atomic mass is 10.1. The lowest BCUT2D eigenvalue weighted by molar-refractivity contribution is 0.477. The van der Waals surface area contributed by atoms with Gasteiger partial charge in [-0.25, -0.2) is 0 Å². The third-order valence-electron chi connectivity index (χ3n) is 3.42. The minimum absolute atomic E-state index is 0.422. The Kier molecular flexibility index (Phi) is 5.67. The van der Waals surface area contributed by atoms with E-state index in [-0.39, 0.29) is 0 Å². The number of ether oxygens (including phenoxy) is 1. The van der Waals surface area contributed by atoms with Crippen molar-refractivity contribution in [2.75, 3.05) is 5.73 Å². The maximum Gasteiger partial charge on any atom is 0.149 e. The second kappa shape index (κ2) is 7.51. The molecule has 3 nitrogen and oxygen atoms in total. The number of halogens is 1. The van der Waals surface area contributed by atoms with Crippen molar-refractivity contribution in [1.82, 2.24) is 0 Å². The zero-order valence-electron chi connectivity index (χ0n) is 14.1. The van der Waals surface area contributed by atoms with E-state index in [1.54, 1.807) is 6.07 Å². The maximum atomic E-state index is 6.29. The summed E-state index contributed by atoms with van der Waals surface area (Å²) in [5, 5.41) is 0.529. The van der Waals surface area contributed by atoms with Gasteiger partial charge in [-0.3, -0.25) is 4.99 Å². The SMILES string of the molecule is CCc1cc(N)cc(Cl)c1Oc1ccc(N=CC(C)C)c(C)c1. The predicted molar refractivity (Wildman–Crippen MR) is 99.5 cm³/mol. The summed E-state index contributed by atoms with van der Waals surface area (Å²) in [5.74, 6) is 1.83. The van der Waals surface area contributed by atoms with Gasteiger partial charge in [0, 0.05) is 11.9 Å². The second-order valence-electron chi connectivity index (χ2n) is 5.92. The molecule has 0 aliphatic carbocycles. The van der Waals surface area contributed by atoms with Gasteiger partial charge < -0.3 is 10.5 Å². The molecule has 0 saturated carbocycles. The van der Waals surface area contributed by atoms with E-state index >= 15 is 0 Å². The Labute approximate surface area is 143 Å². The number of nitrogens with two attached hydrogens (primary N) is 1. The van der Waals surface area contributed by atoms with Crippen LogP contribution in [0.4, 0.5) is 11.4 Å². The molecule has 2 aromatic carbocycles. The fourth-order valence-electron chi connectivity index (χ4n) is 2.23. The zero-order valence-corrected chi connectivity index (χ0v) is 14.8. The lowest BCUT2D eigenvalue weighted by Crippen LogP contribution is -1.95. The summed E-state index contributed by atoms with van der Waals surface area (Å²) < 4.78 is 6.01. The molecule has 0 aliphatic rings. The Hall–Kier alpha value is -2.00. The number of hydrogen-bond donors (Lipinski definition) is 1. The first kappa shape index (κ1) is 17.4. The van der Waals surface area contributed by atoms with E-state index in [0.29, 0.717) is 22.4 Å². The molecule has 0 atom stereocenters. The van der Waals surface area contributed by atoms with Crippen LogP contribution < -0.4 is 10.5 Å². The van der Waals surface area contributed by atoms with Gasteiger partial charge in [-0.2, -0.15) is 0 Å². The van der Waals surface area contributed by atoms with Crippen molar-refractivity contribution < 1.29 is 4.74 Å². The van der Waals surface area contributed by atoms with Crippen LogP contribution in [0.15, 0.2) is 35.3 Å². The highest BCUT2D eigenvalue weighted by atomic mass is 35.5. The Balaban J connectivity index is 2.30. The van der Waals surface area contributed by atoms with Crippen LogP contribution in [0, 0.1) is 12.8 Å². The molecule has 4 heteroatoms. The first-order valence-corrected chi connectivity index (χ1v) is 8.19. The molecule has 0 saturated heterocycles. The fraction of sp³-hybridized carbons (Fsp3) is 0.316. The normalized spacial score (nSPS) is 11.4. The molecule has 23 heavy (non-hydrogen) atoms. The third kappa shape index (κ3) is 4.49. The number of benzene rings is 2. The van der Waals surface area contributed by atoms with Crippen molar-refractivity contribution in [1.29, 1.82) is 0 Å². The molecule has 0 bridgehead atoms. The molecule has 0 aliphatic heterocycles. The van der Waals surface area contributed by atoms with Gasteiger partial charge in [0.1, 0.15) is 11.5 Å². The summed E-state index contributed by atoms with van der Waals surface area (Å²) in [6.07, 6.45) is 2.74. The average Bonchev–Trinajstić information content (AvgIpc) is 2.48. The smallest absolute Gasteiger partial charge is 0.149 e. The number of hydrogen-bond acceptors (Lipinski definition) is 3. The zero-order chi connectivity index (χ0) is 17.0. The van der Waals surface area contributed by atoms with Crippen LogP contribution >= 0.6 is 11.6 Å². The quantitative estimate of drug-likeness (QED) is 0.544. The fourth-order valence-corrected chi connectivity index (χ4v) is 2.52. The van der Waals surface area contributed by atoms with Crippen LogP contribution in [0.3, 0.4) is 0 Å². The topological polar surface area (TPSA) is 47.6 Å². The van der Waals surface area contributed by atoms with Crippen LogP contribution in [0.5, 0.6) is 11.5 Å². The largest absolute Gasteiger partial charge is 0.456 e. The highest BCUT2D eigenvalue weighted by molar-refractivity contribution is 6.32. The van der Waals surface area contributed by atoms with Gasteiger partial charge in [0.05, 0.1) is 10.7 Å². The molecule has 0 unspecified atom stereocenters. The van der Waals surface area contributed by atoms with Gasteiger partial charge in [-0.05, 0) is 60.7 Å². The first-order valence-electron chi connectivity index (χ1n) is 7.81. The van der Waals surface area contributed by atoms with Crippen molar-refractivity contribution in [3.63, 3.8) is 0 Å². The average molecular weight is 331 g/mol. The van der Waals surface area contributed by atoms with Gasteiger partial charge in [0.2, 0.25) is 0 Å². The van der Waals surface area contributed by atoms with E-state index < -0.39 is 0 Å². The predicted octanol–water partition coefficient (Wildman–Crippen LogP) is 5.94. The van der Waals surface area contributed by atoms with Crippen molar-refractivity contribution in [3.05, 3.63) is 46.5 Å². The number of aryl methyl sites for hydroxylation is 2. The Bertz CT molecular complexity index is 724. The van der Waals surface area contributed by atoms with Gasteiger partial charge in [-0.1, -0.05) is 32.4 Å². The molecule has 0 amide bonds. The number of aliphatic imine (C=N–C) groups is 1. The van der Waals surface area contributed by atoms with Gasteiger partial charge in [-0.15, -0.1) is 0 Å². The Morgan fingerprint density at radius 1 is 1.26 bits per heavy atom. The molecule has 2 rings (SSSR count). The van der Waals surface area contributed by atoms with E-state index in [1.165, 1.54) is 0 Å². The van der Waals surface area contributed by atoms with Gasteiger partial charge in [0.15, 0.2) is 0 Å². The van der Waals surface area contributed by atoms with Crippen molar-refractivity contribution >= 4 is 29.2 Å². The molecule has 0 spiro atoms. The lowest BCUT2D eigenvalue weighted by Gasteiger charge is -2.14. The van der Waals surface area contributed by atoms with Gasteiger partial charge >= 0.3 is 0 Å². The van der Waals surface area contributed by atoms with E-state index in [2.05, 4.69) is 18.8 Å². The first-order chi connectivity index (χ1) is 10.9. The monoisotopic (exact) mass is 330 g/mol. The van der Waals surface area contributed by atoms with Crippen LogP contribution in [-0.4, -0.2) is 6.21 Å². The standard InChI is InChI=1S/C19H23ClN2O/c1-5-14-9-15(21)10-17(20)19(14)23-16-6-7-18(13(4)8-16)22-11-12(2)3/h6-12H,5,21H2,1-4H3. The summed E-state index contributed by atoms with van der Waals surface area (Å²) >= 11 is 6.29. The summed E-state index contributed by atoms with van der Waals surface area (Å²) in [4.78, 5) is 4.49. The van der Waals surface area contributed by atoms with Crippen LogP contribution in [0.1, 0.15) is 31.9 Å². The number of nitrogens with zero attached hydrogens (tertiary/aromatic N) is 1. The van der Waals surface area contributed by atoms with Crippen molar-refractivity contribution in [2.24, 2.45) is 10.9 Å². The Morgan fingerprint density at radius 3 is 2.61 bits per heavy atom. The summed E-state index contributed by atoms with van der Waals surface area (Å²) in [6.45, 7) is 8.27. The van der Waals surface area contributed by atoms with E-state index in [9.17, 15) is 0 Å². The Morgan fingerprint density at radius 2 is 2.00 bits per heavy atom. The van der Waals surface area contributed by atoms with E-state index in [0.717, 1.165) is 29.0 Å². The molecular formula is C19H23ClN2O. The summed E-state index contributed by atoms with van der Waals surface area (Å²) in [7, 11) is 0. The molecule has 0 radical (unpaired) electrons. The minimum Gasteiger partial charge on any atom is -0.456 e. The third-order valence-corrected chi connectivity index (χ3v) is 3.70. The molecule has 0 fully saturated rings. The van der Waals surface area contributed by atoms with Crippen molar-refractivity contribution in [2.45, 2.75) is 34.1 Å². The molecule has 0 aromatic heterocycles. The molecule has 2 N–H and O–H groups in total. The molecular weight excluding hydrogens is 308 g/mol. The summed E-state index contributed by atoms with van der Waals surface area (Å²) in [5.41, 5.74) is 9.49. The molecule has 0 heterocycles. The molecule has 122 valence electrons. The van der Waals surface area contributed by atoms with Crippen LogP contribution in [-0.2, 0) is 6.42 Å².